The fourth-order valence-electron chi connectivity index (χ4n) is 1.84. The van der Waals surface area contributed by atoms with Gasteiger partial charge in [-0.05, 0) is 24.1 Å². The molecule has 2 rings (SSSR count). The maximum absolute atomic E-state index is 12.3. The average Bonchev–Trinajstić information content (AvgIpc) is 2.99. The van der Waals surface area contributed by atoms with Crippen molar-refractivity contribution < 1.29 is 17.6 Å². The molecule has 0 fully saturated rings. The predicted octanol–water partition coefficient (Wildman–Crippen LogP) is 2.77. The molecule has 130 valence electrons. The molecule has 0 aliphatic rings. The summed E-state index contributed by atoms with van der Waals surface area (Å²) in [5.74, 6) is -0.503. The topological polar surface area (TPSA) is 102 Å². The Kier molecular flexibility index (Phi) is 6.20. The Morgan fingerprint density at radius 3 is 2.67 bits per heavy atom. The highest BCUT2D eigenvalue weighted by molar-refractivity contribution is 7.90. The molecule has 1 N–H and O–H groups in total. The molecule has 0 bridgehead atoms. The van der Waals surface area contributed by atoms with Crippen LogP contribution in [0.4, 0.5) is 0 Å². The number of carbonyl (C=O) groups is 1. The van der Waals surface area contributed by atoms with Crippen molar-refractivity contribution in [2.24, 2.45) is 0 Å². The molecule has 1 aromatic heterocycles. The first-order chi connectivity index (χ1) is 11.3. The first kappa shape index (κ1) is 18.7. The van der Waals surface area contributed by atoms with E-state index in [9.17, 15) is 13.2 Å². The second kappa shape index (κ2) is 7.96. The van der Waals surface area contributed by atoms with Crippen molar-refractivity contribution in [3.05, 3.63) is 39.7 Å². The van der Waals surface area contributed by atoms with E-state index in [1.165, 1.54) is 12.1 Å². The van der Waals surface area contributed by atoms with Gasteiger partial charge < -0.3 is 9.73 Å². The van der Waals surface area contributed by atoms with Crippen LogP contribution in [-0.2, 0) is 26.9 Å². The Morgan fingerprint density at radius 2 is 2.00 bits per heavy atom. The number of sulfone groups is 1. The molecule has 1 heterocycles. The van der Waals surface area contributed by atoms with Crippen LogP contribution in [0.2, 0.25) is 10.0 Å². The molecule has 1 aromatic carbocycles. The van der Waals surface area contributed by atoms with Crippen LogP contribution in [0.3, 0.4) is 0 Å². The molecular formula is C14H15Cl2N3O4S. The zero-order valence-corrected chi connectivity index (χ0v) is 15.1. The third kappa shape index (κ3) is 4.93. The van der Waals surface area contributed by atoms with E-state index in [-0.39, 0.29) is 29.1 Å². The molecule has 24 heavy (non-hydrogen) atoms. The molecule has 0 atom stereocenters. The molecule has 0 saturated heterocycles. The van der Waals surface area contributed by atoms with Gasteiger partial charge >= 0.3 is 5.22 Å². The van der Waals surface area contributed by atoms with E-state index in [1.807, 2.05) is 6.92 Å². The molecule has 0 aliphatic carbocycles. The van der Waals surface area contributed by atoms with Crippen LogP contribution in [0.1, 0.15) is 31.2 Å². The number of amides is 1. The Labute approximate surface area is 149 Å². The highest BCUT2D eigenvalue weighted by atomic mass is 35.5. The minimum absolute atomic E-state index is 0.0197. The van der Waals surface area contributed by atoms with Crippen LogP contribution >= 0.6 is 23.2 Å². The molecular weight excluding hydrogens is 377 g/mol. The molecule has 7 nitrogen and oxygen atoms in total. The van der Waals surface area contributed by atoms with Gasteiger partial charge in [0.25, 0.3) is 0 Å². The maximum atomic E-state index is 12.3. The summed E-state index contributed by atoms with van der Waals surface area (Å²) in [7, 11) is -3.83. The quantitative estimate of drug-likeness (QED) is 0.778. The van der Waals surface area contributed by atoms with E-state index in [0.29, 0.717) is 23.4 Å². The molecule has 2 aromatic rings. The van der Waals surface area contributed by atoms with Crippen molar-refractivity contribution in [1.82, 2.24) is 15.5 Å². The van der Waals surface area contributed by atoms with Gasteiger partial charge in [-0.15, -0.1) is 5.10 Å². The first-order valence-corrected chi connectivity index (χ1v) is 9.48. The van der Waals surface area contributed by atoms with E-state index in [2.05, 4.69) is 15.5 Å². The average molecular weight is 392 g/mol. The van der Waals surface area contributed by atoms with Crippen LogP contribution in [0.5, 0.6) is 0 Å². The van der Waals surface area contributed by atoms with Gasteiger partial charge in [-0.3, -0.25) is 4.79 Å². The van der Waals surface area contributed by atoms with Gasteiger partial charge in [-0.1, -0.05) is 41.3 Å². The van der Waals surface area contributed by atoms with E-state index in [1.54, 1.807) is 6.07 Å². The van der Waals surface area contributed by atoms with Crippen molar-refractivity contribution in [1.29, 1.82) is 0 Å². The van der Waals surface area contributed by atoms with E-state index in [0.717, 1.165) is 0 Å². The van der Waals surface area contributed by atoms with Crippen LogP contribution in [-0.4, -0.2) is 24.5 Å². The minimum atomic E-state index is -3.83. The number of hydrogen-bond donors (Lipinski definition) is 1. The number of rotatable bonds is 7. The smallest absolute Gasteiger partial charge is 0.335 e. The van der Waals surface area contributed by atoms with Gasteiger partial charge in [0.05, 0.1) is 22.3 Å². The fourth-order valence-corrected chi connectivity index (χ4v) is 3.29. The highest BCUT2D eigenvalue weighted by Gasteiger charge is 2.23. The highest BCUT2D eigenvalue weighted by Crippen LogP contribution is 2.24. The van der Waals surface area contributed by atoms with Gasteiger partial charge in [0.1, 0.15) is 0 Å². The standard InChI is InChI=1S/C14H15Cl2N3O4S/c1-2-3-12(20)17-7-13-18-19-14(23-13)24(21,22)8-9-4-5-10(15)11(16)6-9/h4-6H,2-3,7-8H2,1H3,(H,17,20). The lowest BCUT2D eigenvalue weighted by molar-refractivity contribution is -0.121. The van der Waals surface area contributed by atoms with Gasteiger partial charge in [0.2, 0.25) is 21.6 Å². The molecule has 0 radical (unpaired) electrons. The monoisotopic (exact) mass is 391 g/mol. The number of nitrogens with zero attached hydrogens (tertiary/aromatic N) is 2. The van der Waals surface area contributed by atoms with Crippen molar-refractivity contribution in [2.45, 2.75) is 37.3 Å². The Balaban J connectivity index is 2.07. The second-order valence-corrected chi connectivity index (χ2v) is 7.68. The summed E-state index contributed by atoms with van der Waals surface area (Å²) in [5.41, 5.74) is 0.445. The fraction of sp³-hybridized carbons (Fsp3) is 0.357. The van der Waals surface area contributed by atoms with E-state index in [4.69, 9.17) is 27.6 Å². The van der Waals surface area contributed by atoms with Crippen LogP contribution < -0.4 is 5.32 Å². The van der Waals surface area contributed by atoms with Crippen LogP contribution in [0.15, 0.2) is 27.8 Å². The van der Waals surface area contributed by atoms with E-state index >= 15 is 0 Å². The van der Waals surface area contributed by atoms with E-state index < -0.39 is 15.1 Å². The van der Waals surface area contributed by atoms with Gasteiger partial charge in [-0.25, -0.2) is 8.42 Å². The summed E-state index contributed by atoms with van der Waals surface area (Å²) in [6, 6.07) is 4.52. The lowest BCUT2D eigenvalue weighted by Gasteiger charge is -2.02. The van der Waals surface area contributed by atoms with Gasteiger partial charge in [0, 0.05) is 6.42 Å². The third-order valence-electron chi connectivity index (χ3n) is 2.97. The minimum Gasteiger partial charge on any atom is -0.411 e. The van der Waals surface area contributed by atoms with Crippen LogP contribution in [0.25, 0.3) is 0 Å². The number of hydrogen-bond acceptors (Lipinski definition) is 6. The Morgan fingerprint density at radius 1 is 1.25 bits per heavy atom. The number of carbonyl (C=O) groups excluding carboxylic acids is 1. The van der Waals surface area contributed by atoms with Gasteiger partial charge in [0.15, 0.2) is 0 Å². The zero-order chi connectivity index (χ0) is 17.7. The molecule has 0 spiro atoms. The molecule has 1 amide bonds. The maximum Gasteiger partial charge on any atom is 0.335 e. The second-order valence-electron chi connectivity index (χ2n) is 5.00. The summed E-state index contributed by atoms with van der Waals surface area (Å²) in [6.45, 7) is 1.86. The Hall–Kier alpha value is -1.64. The summed E-state index contributed by atoms with van der Waals surface area (Å²) in [5, 5.41) is 9.82. The normalized spacial score (nSPS) is 11.5. The number of benzene rings is 1. The number of nitrogens with one attached hydrogen (secondary N) is 1. The largest absolute Gasteiger partial charge is 0.411 e. The van der Waals surface area contributed by atoms with Crippen molar-refractivity contribution in [3.63, 3.8) is 0 Å². The molecule has 0 unspecified atom stereocenters. The lowest BCUT2D eigenvalue weighted by Crippen LogP contribution is -2.22. The first-order valence-electron chi connectivity index (χ1n) is 7.07. The summed E-state index contributed by atoms with van der Waals surface area (Å²) in [4.78, 5) is 11.4. The molecule has 0 saturated carbocycles. The van der Waals surface area contributed by atoms with Crippen LogP contribution in [0, 0.1) is 0 Å². The zero-order valence-electron chi connectivity index (χ0n) is 12.8. The SMILES string of the molecule is CCCC(=O)NCc1nnc(S(=O)(=O)Cc2ccc(Cl)c(Cl)c2)o1. The number of aromatic nitrogens is 2. The lowest BCUT2D eigenvalue weighted by atomic mass is 10.2. The van der Waals surface area contributed by atoms with Crippen molar-refractivity contribution in [2.75, 3.05) is 0 Å². The number of halogens is 2. The summed E-state index contributed by atoms with van der Waals surface area (Å²) in [6.07, 6.45) is 1.08. The van der Waals surface area contributed by atoms with Crippen molar-refractivity contribution in [3.8, 4) is 0 Å². The molecule has 0 aliphatic heterocycles. The molecule has 10 heteroatoms. The Bertz CT molecular complexity index is 836. The van der Waals surface area contributed by atoms with Crippen molar-refractivity contribution >= 4 is 38.9 Å². The van der Waals surface area contributed by atoms with Gasteiger partial charge in [-0.2, -0.15) is 0 Å². The third-order valence-corrected chi connectivity index (χ3v) is 5.12. The summed E-state index contributed by atoms with van der Waals surface area (Å²) < 4.78 is 29.7. The summed E-state index contributed by atoms with van der Waals surface area (Å²) >= 11 is 11.7. The predicted molar refractivity (Wildman–Crippen MR) is 88.4 cm³/mol.